The van der Waals surface area contributed by atoms with Crippen LogP contribution in [0.3, 0.4) is 0 Å². The number of nitrogens with one attached hydrogen (secondary N) is 2. The van der Waals surface area contributed by atoms with E-state index in [0.29, 0.717) is 12.3 Å². The van der Waals surface area contributed by atoms with Crippen LogP contribution < -0.4 is 15.4 Å². The summed E-state index contributed by atoms with van der Waals surface area (Å²) in [6.45, 7) is 4.35. The van der Waals surface area contributed by atoms with Crippen molar-refractivity contribution in [2.75, 3.05) is 17.2 Å². The molecule has 0 heterocycles. The molecule has 0 bridgehead atoms. The first kappa shape index (κ1) is 18.0. The highest BCUT2D eigenvalue weighted by Gasteiger charge is 2.29. The predicted octanol–water partition coefficient (Wildman–Crippen LogP) is 4.06. The van der Waals surface area contributed by atoms with Gasteiger partial charge in [-0.15, -0.1) is 0 Å². The van der Waals surface area contributed by atoms with Gasteiger partial charge in [-0.05, 0) is 62.6 Å². The second kappa shape index (κ2) is 8.04. The number of anilines is 2. The van der Waals surface area contributed by atoms with Crippen LogP contribution >= 0.6 is 0 Å². The normalized spacial score (nSPS) is 13.2. The van der Waals surface area contributed by atoms with E-state index in [0.717, 1.165) is 29.8 Å². The van der Waals surface area contributed by atoms with Crippen molar-refractivity contribution in [2.45, 2.75) is 33.1 Å². The Bertz CT molecular complexity index is 795. The third-order valence-corrected chi connectivity index (χ3v) is 4.30. The lowest BCUT2D eigenvalue weighted by Crippen LogP contribution is -2.16. The van der Waals surface area contributed by atoms with Crippen LogP contribution in [-0.2, 0) is 9.59 Å². The number of hydrogen-bond donors (Lipinski definition) is 2. The molecule has 3 rings (SSSR count). The number of rotatable bonds is 7. The van der Waals surface area contributed by atoms with Crippen molar-refractivity contribution >= 4 is 23.2 Å². The molecule has 2 amide bonds. The van der Waals surface area contributed by atoms with E-state index in [-0.39, 0.29) is 24.2 Å². The fraction of sp³-hybridized carbons (Fsp3) is 0.333. The van der Waals surface area contributed by atoms with Crippen LogP contribution in [0.25, 0.3) is 0 Å². The minimum Gasteiger partial charge on any atom is -0.493 e. The molecule has 1 aliphatic rings. The van der Waals surface area contributed by atoms with Gasteiger partial charge in [0.2, 0.25) is 11.8 Å². The molecule has 136 valence electrons. The van der Waals surface area contributed by atoms with Gasteiger partial charge in [0, 0.05) is 17.3 Å². The Morgan fingerprint density at radius 1 is 1.00 bits per heavy atom. The van der Waals surface area contributed by atoms with Crippen molar-refractivity contribution < 1.29 is 14.3 Å². The van der Waals surface area contributed by atoms with Gasteiger partial charge in [0.15, 0.2) is 0 Å². The van der Waals surface area contributed by atoms with E-state index in [9.17, 15) is 9.59 Å². The maximum absolute atomic E-state index is 12.0. The highest BCUT2D eigenvalue weighted by Crippen LogP contribution is 2.30. The van der Waals surface area contributed by atoms with Crippen LogP contribution in [-0.4, -0.2) is 18.4 Å². The summed E-state index contributed by atoms with van der Waals surface area (Å²) in [6.07, 6.45) is 2.22. The van der Waals surface area contributed by atoms with Crippen LogP contribution in [0, 0.1) is 19.8 Å². The molecule has 2 N–H and O–H groups in total. The molecule has 1 aliphatic carbocycles. The number of carbonyl (C=O) groups is 2. The summed E-state index contributed by atoms with van der Waals surface area (Å²) in [7, 11) is 0. The van der Waals surface area contributed by atoms with Crippen molar-refractivity contribution in [1.29, 1.82) is 0 Å². The first-order valence-electron chi connectivity index (χ1n) is 8.92. The third kappa shape index (κ3) is 5.09. The van der Waals surface area contributed by atoms with Crippen molar-refractivity contribution in [3.05, 3.63) is 53.6 Å². The van der Waals surface area contributed by atoms with Crippen LogP contribution in [0.4, 0.5) is 11.4 Å². The summed E-state index contributed by atoms with van der Waals surface area (Å²) in [6, 6.07) is 13.1. The molecule has 5 nitrogen and oxygen atoms in total. The van der Waals surface area contributed by atoms with Gasteiger partial charge in [0.25, 0.3) is 0 Å². The molecule has 0 radical (unpaired) electrons. The number of amides is 2. The molecule has 0 aromatic heterocycles. The number of carbonyl (C=O) groups excluding carboxylic acids is 2. The van der Waals surface area contributed by atoms with Crippen molar-refractivity contribution in [2.24, 2.45) is 5.92 Å². The van der Waals surface area contributed by atoms with Gasteiger partial charge in [-0.1, -0.05) is 17.7 Å². The Kier molecular flexibility index (Phi) is 5.56. The second-order valence-electron chi connectivity index (χ2n) is 6.76. The Labute approximate surface area is 153 Å². The molecule has 0 saturated heterocycles. The molecule has 1 fully saturated rings. The lowest BCUT2D eigenvalue weighted by Gasteiger charge is -2.10. The van der Waals surface area contributed by atoms with E-state index >= 15 is 0 Å². The largest absolute Gasteiger partial charge is 0.493 e. The summed E-state index contributed by atoms with van der Waals surface area (Å²) < 4.78 is 5.68. The summed E-state index contributed by atoms with van der Waals surface area (Å²) in [5, 5.41) is 5.71. The van der Waals surface area contributed by atoms with Crippen LogP contribution in [0.15, 0.2) is 42.5 Å². The van der Waals surface area contributed by atoms with E-state index in [1.807, 2.05) is 26.0 Å². The van der Waals surface area contributed by atoms with Gasteiger partial charge in [-0.3, -0.25) is 9.59 Å². The van der Waals surface area contributed by atoms with Gasteiger partial charge >= 0.3 is 0 Å². The average molecular weight is 352 g/mol. The number of hydrogen-bond acceptors (Lipinski definition) is 3. The molecule has 0 spiro atoms. The molecule has 5 heteroatoms. The lowest BCUT2D eigenvalue weighted by atomic mass is 10.1. The van der Waals surface area contributed by atoms with Crippen molar-refractivity contribution in [3.8, 4) is 5.75 Å². The van der Waals surface area contributed by atoms with E-state index in [1.54, 1.807) is 24.3 Å². The minimum absolute atomic E-state index is 0.0744. The minimum atomic E-state index is -0.107. The topological polar surface area (TPSA) is 67.4 Å². The van der Waals surface area contributed by atoms with Crippen LogP contribution in [0.2, 0.25) is 0 Å². The number of ether oxygens (including phenoxy) is 1. The predicted molar refractivity (Wildman–Crippen MR) is 102 cm³/mol. The lowest BCUT2D eigenvalue weighted by molar-refractivity contribution is -0.117. The monoisotopic (exact) mass is 352 g/mol. The molecular weight excluding hydrogens is 328 g/mol. The summed E-state index contributed by atoms with van der Waals surface area (Å²) in [5.41, 5.74) is 3.70. The van der Waals surface area contributed by atoms with Crippen molar-refractivity contribution in [1.82, 2.24) is 0 Å². The summed E-state index contributed by atoms with van der Waals surface area (Å²) >= 11 is 0. The zero-order chi connectivity index (χ0) is 18.5. The maximum atomic E-state index is 12.0. The fourth-order valence-corrected chi connectivity index (χ4v) is 2.67. The molecule has 0 atom stereocenters. The highest BCUT2D eigenvalue weighted by molar-refractivity contribution is 5.95. The Morgan fingerprint density at radius 3 is 2.27 bits per heavy atom. The highest BCUT2D eigenvalue weighted by atomic mass is 16.5. The molecular formula is C21H24N2O3. The molecule has 0 aliphatic heterocycles. The smallest absolute Gasteiger partial charge is 0.227 e. The zero-order valence-corrected chi connectivity index (χ0v) is 15.2. The van der Waals surface area contributed by atoms with Gasteiger partial charge in [0.1, 0.15) is 5.75 Å². The van der Waals surface area contributed by atoms with Gasteiger partial charge in [-0.2, -0.15) is 0 Å². The fourth-order valence-electron chi connectivity index (χ4n) is 2.67. The van der Waals surface area contributed by atoms with Gasteiger partial charge < -0.3 is 15.4 Å². The standard InChI is InChI=1S/C21H24N2O3/c1-14-3-10-19(15(2)13-14)26-12-11-20(24)22-17-6-8-18(9-7-17)23-21(25)16-4-5-16/h3,6-10,13,16H,4-5,11-12H2,1-2H3,(H,22,24)(H,23,25). The van der Waals surface area contributed by atoms with E-state index in [4.69, 9.17) is 4.74 Å². The first-order valence-corrected chi connectivity index (χ1v) is 8.92. The molecule has 26 heavy (non-hydrogen) atoms. The maximum Gasteiger partial charge on any atom is 0.227 e. The van der Waals surface area contributed by atoms with Crippen molar-refractivity contribution in [3.63, 3.8) is 0 Å². The SMILES string of the molecule is Cc1ccc(OCCC(=O)Nc2ccc(NC(=O)C3CC3)cc2)c(C)c1. The molecule has 2 aromatic carbocycles. The van der Waals surface area contributed by atoms with E-state index in [2.05, 4.69) is 16.7 Å². The van der Waals surface area contributed by atoms with Crippen LogP contribution in [0.5, 0.6) is 5.75 Å². The summed E-state index contributed by atoms with van der Waals surface area (Å²) in [4.78, 5) is 23.8. The van der Waals surface area contributed by atoms with E-state index < -0.39 is 0 Å². The molecule has 1 saturated carbocycles. The zero-order valence-electron chi connectivity index (χ0n) is 15.2. The van der Waals surface area contributed by atoms with Gasteiger partial charge in [0.05, 0.1) is 13.0 Å². The molecule has 2 aromatic rings. The third-order valence-electron chi connectivity index (χ3n) is 4.30. The number of benzene rings is 2. The van der Waals surface area contributed by atoms with Crippen LogP contribution in [0.1, 0.15) is 30.4 Å². The quantitative estimate of drug-likeness (QED) is 0.790. The molecule has 0 unspecified atom stereocenters. The Hall–Kier alpha value is -2.82. The first-order chi connectivity index (χ1) is 12.5. The second-order valence-corrected chi connectivity index (χ2v) is 6.76. The summed E-state index contributed by atoms with van der Waals surface area (Å²) in [5.74, 6) is 0.945. The number of aryl methyl sites for hydroxylation is 2. The Morgan fingerprint density at radius 2 is 1.65 bits per heavy atom. The van der Waals surface area contributed by atoms with E-state index in [1.165, 1.54) is 5.56 Å². The average Bonchev–Trinajstić information content (AvgIpc) is 3.44. The Balaban J connectivity index is 1.43. The van der Waals surface area contributed by atoms with Gasteiger partial charge in [-0.25, -0.2) is 0 Å².